The highest BCUT2D eigenvalue weighted by molar-refractivity contribution is 7.21. The third-order valence-electron chi connectivity index (χ3n) is 4.16. The molecule has 0 aliphatic heterocycles. The third kappa shape index (κ3) is 2.44. The summed E-state index contributed by atoms with van der Waals surface area (Å²) in [5, 5.41) is 21.4. The number of hydrogen-bond donors (Lipinski definition) is 1. The van der Waals surface area contributed by atoms with Gasteiger partial charge in [0.05, 0.1) is 10.4 Å². The predicted molar refractivity (Wildman–Crippen MR) is 96.4 cm³/mol. The number of hydrogen-bond acceptors (Lipinski definition) is 5. The third-order valence-corrected chi connectivity index (χ3v) is 6.45. The molecule has 0 radical (unpaired) electrons. The summed E-state index contributed by atoms with van der Waals surface area (Å²) in [7, 11) is 0. The summed E-state index contributed by atoms with van der Waals surface area (Å²) < 4.78 is 1.04. The van der Waals surface area contributed by atoms with Crippen LogP contribution in [0.2, 0.25) is 0 Å². The largest absolute Gasteiger partial charge is 0.506 e. The van der Waals surface area contributed by atoms with Crippen molar-refractivity contribution in [2.24, 2.45) is 4.99 Å². The van der Waals surface area contributed by atoms with Gasteiger partial charge < -0.3 is 5.11 Å². The molecule has 0 spiro atoms. The predicted octanol–water partition coefficient (Wildman–Crippen LogP) is 5.17. The lowest BCUT2D eigenvalue weighted by Gasteiger charge is -2.09. The molecule has 1 aliphatic rings. The minimum absolute atomic E-state index is 0.272. The lowest BCUT2D eigenvalue weighted by atomic mass is 9.96. The highest BCUT2D eigenvalue weighted by atomic mass is 32.1. The highest BCUT2D eigenvalue weighted by Gasteiger charge is 2.20. The van der Waals surface area contributed by atoms with Gasteiger partial charge in [0.15, 0.2) is 0 Å². The molecule has 2 heterocycles. The van der Waals surface area contributed by atoms with Gasteiger partial charge in [0, 0.05) is 21.2 Å². The Hall–Kier alpha value is -2.16. The monoisotopic (exact) mass is 338 g/mol. The van der Waals surface area contributed by atoms with Crippen LogP contribution in [0, 0.1) is 11.3 Å². The van der Waals surface area contributed by atoms with Gasteiger partial charge >= 0.3 is 0 Å². The molecule has 1 aromatic carbocycles. The Morgan fingerprint density at radius 3 is 2.83 bits per heavy atom. The van der Waals surface area contributed by atoms with E-state index in [-0.39, 0.29) is 5.75 Å². The second-order valence-electron chi connectivity index (χ2n) is 5.57. The lowest BCUT2D eigenvalue weighted by Crippen LogP contribution is -1.99. The lowest BCUT2D eigenvalue weighted by molar-refractivity contribution is 0.483. The average Bonchev–Trinajstić information content (AvgIpc) is 3.10. The molecule has 4 rings (SSSR count). The summed E-state index contributed by atoms with van der Waals surface area (Å²) in [6.45, 7) is 0. The van der Waals surface area contributed by atoms with Crippen LogP contribution in [-0.4, -0.2) is 11.3 Å². The molecule has 23 heavy (non-hydrogen) atoms. The van der Waals surface area contributed by atoms with Crippen molar-refractivity contribution in [1.82, 2.24) is 0 Å². The average molecular weight is 338 g/mol. The smallest absolute Gasteiger partial charge is 0.142 e. The number of nitriles is 1. The van der Waals surface area contributed by atoms with Gasteiger partial charge in [-0.3, -0.25) is 0 Å². The Bertz CT molecular complexity index is 959. The van der Waals surface area contributed by atoms with Crippen molar-refractivity contribution in [2.75, 3.05) is 0 Å². The van der Waals surface area contributed by atoms with Crippen LogP contribution < -0.4 is 0 Å². The van der Waals surface area contributed by atoms with E-state index in [2.05, 4.69) is 11.1 Å². The topological polar surface area (TPSA) is 56.4 Å². The Balaban J connectivity index is 1.75. The minimum Gasteiger partial charge on any atom is -0.506 e. The first-order chi connectivity index (χ1) is 11.3. The van der Waals surface area contributed by atoms with Crippen molar-refractivity contribution in [3.05, 3.63) is 45.1 Å². The van der Waals surface area contributed by atoms with E-state index in [0.29, 0.717) is 0 Å². The first-order valence-electron chi connectivity index (χ1n) is 7.57. The SMILES string of the molecule is N#Cc1c(/N=C\c2sc3ccccc3c2O)sc2c1CCCC2. The molecule has 0 atom stereocenters. The van der Waals surface area contributed by atoms with Gasteiger partial charge in [-0.05, 0) is 43.4 Å². The maximum atomic E-state index is 10.3. The maximum Gasteiger partial charge on any atom is 0.142 e. The van der Waals surface area contributed by atoms with Crippen LogP contribution >= 0.6 is 22.7 Å². The standard InChI is InChI=1S/C18H14N2OS2/c19-9-13-11-5-1-3-7-14(11)23-18(13)20-10-16-17(21)12-6-2-4-8-15(12)22-16/h2,4,6,8,10,21H,1,3,5,7H2/b20-10-. The molecule has 0 amide bonds. The molecule has 3 nitrogen and oxygen atoms in total. The van der Waals surface area contributed by atoms with Crippen LogP contribution in [0.3, 0.4) is 0 Å². The zero-order chi connectivity index (χ0) is 15.8. The van der Waals surface area contributed by atoms with Crippen molar-refractivity contribution in [3.8, 4) is 11.8 Å². The first-order valence-corrected chi connectivity index (χ1v) is 9.20. The van der Waals surface area contributed by atoms with E-state index in [1.165, 1.54) is 28.2 Å². The van der Waals surface area contributed by atoms with Crippen molar-refractivity contribution < 1.29 is 5.11 Å². The second kappa shape index (κ2) is 5.80. The normalized spacial score (nSPS) is 14.2. The molecule has 114 valence electrons. The number of nitrogens with zero attached hydrogens (tertiary/aromatic N) is 2. The van der Waals surface area contributed by atoms with Gasteiger partial charge in [-0.15, -0.1) is 22.7 Å². The quantitative estimate of drug-likeness (QED) is 0.655. The molecular formula is C18H14N2OS2. The van der Waals surface area contributed by atoms with Gasteiger partial charge in [-0.25, -0.2) is 4.99 Å². The number of thiophene rings is 2. The Kier molecular flexibility index (Phi) is 3.64. The van der Waals surface area contributed by atoms with Gasteiger partial charge in [-0.1, -0.05) is 12.1 Å². The molecule has 2 aromatic heterocycles. The molecule has 0 unspecified atom stereocenters. The van der Waals surface area contributed by atoms with Gasteiger partial charge in [-0.2, -0.15) is 5.26 Å². The number of fused-ring (bicyclic) bond motifs is 2. The van der Waals surface area contributed by atoms with Gasteiger partial charge in [0.2, 0.25) is 0 Å². The number of benzene rings is 1. The van der Waals surface area contributed by atoms with Crippen molar-refractivity contribution in [2.45, 2.75) is 25.7 Å². The minimum atomic E-state index is 0.272. The molecule has 5 heteroatoms. The number of aryl methyl sites for hydroxylation is 1. The number of aliphatic imine (C=N–C) groups is 1. The Morgan fingerprint density at radius 1 is 1.17 bits per heavy atom. The summed E-state index contributed by atoms with van der Waals surface area (Å²) in [5.41, 5.74) is 1.91. The maximum absolute atomic E-state index is 10.3. The fraction of sp³-hybridized carbons (Fsp3) is 0.222. The molecular weight excluding hydrogens is 324 g/mol. The van der Waals surface area contributed by atoms with E-state index in [1.807, 2.05) is 24.3 Å². The highest BCUT2D eigenvalue weighted by Crippen LogP contribution is 2.40. The number of rotatable bonds is 2. The van der Waals surface area contributed by atoms with Crippen molar-refractivity contribution in [3.63, 3.8) is 0 Å². The first kappa shape index (κ1) is 14.4. The van der Waals surface area contributed by atoms with E-state index in [0.717, 1.165) is 44.8 Å². The Morgan fingerprint density at radius 2 is 2.00 bits per heavy atom. The summed E-state index contributed by atoms with van der Waals surface area (Å²) >= 11 is 3.13. The summed E-state index contributed by atoms with van der Waals surface area (Å²) in [6, 6.07) is 10.1. The van der Waals surface area contributed by atoms with E-state index in [4.69, 9.17) is 0 Å². The van der Waals surface area contributed by atoms with E-state index < -0.39 is 0 Å². The van der Waals surface area contributed by atoms with Crippen molar-refractivity contribution in [1.29, 1.82) is 5.26 Å². The molecule has 0 saturated heterocycles. The molecule has 1 N–H and O–H groups in total. The fourth-order valence-electron chi connectivity index (χ4n) is 3.01. The van der Waals surface area contributed by atoms with Gasteiger partial charge in [0.25, 0.3) is 0 Å². The van der Waals surface area contributed by atoms with Crippen LogP contribution in [0.25, 0.3) is 10.1 Å². The van der Waals surface area contributed by atoms with Gasteiger partial charge in [0.1, 0.15) is 16.8 Å². The van der Waals surface area contributed by atoms with Crippen molar-refractivity contribution >= 4 is 44.0 Å². The number of aromatic hydroxyl groups is 1. The van der Waals surface area contributed by atoms with Crippen LogP contribution in [0.15, 0.2) is 29.3 Å². The second-order valence-corrected chi connectivity index (χ2v) is 7.74. The summed E-state index contributed by atoms with van der Waals surface area (Å²) in [5.74, 6) is 0.272. The zero-order valence-corrected chi connectivity index (χ0v) is 14.0. The molecule has 0 saturated carbocycles. The zero-order valence-electron chi connectivity index (χ0n) is 12.4. The van der Waals surface area contributed by atoms with Crippen LogP contribution in [0.5, 0.6) is 5.75 Å². The fourth-order valence-corrected chi connectivity index (χ4v) is 5.17. The Labute approximate surface area is 142 Å². The van der Waals surface area contributed by atoms with Crippen LogP contribution in [-0.2, 0) is 12.8 Å². The van der Waals surface area contributed by atoms with Crippen LogP contribution in [0.4, 0.5) is 5.00 Å². The van der Waals surface area contributed by atoms with E-state index in [9.17, 15) is 10.4 Å². The summed E-state index contributed by atoms with van der Waals surface area (Å²) in [6.07, 6.45) is 6.08. The molecule has 3 aromatic rings. The van der Waals surface area contributed by atoms with E-state index in [1.54, 1.807) is 17.6 Å². The molecule has 1 aliphatic carbocycles. The van der Waals surface area contributed by atoms with E-state index >= 15 is 0 Å². The molecule has 0 fully saturated rings. The van der Waals surface area contributed by atoms with Crippen LogP contribution in [0.1, 0.15) is 33.7 Å². The summed E-state index contributed by atoms with van der Waals surface area (Å²) in [4.78, 5) is 6.57. The molecule has 0 bridgehead atoms.